The van der Waals surface area contributed by atoms with Gasteiger partial charge in [0.05, 0.1) is 0 Å². The van der Waals surface area contributed by atoms with Crippen molar-refractivity contribution in [1.29, 1.82) is 0 Å². The molecule has 0 heterocycles. The van der Waals surface area contributed by atoms with Gasteiger partial charge < -0.3 is 0 Å². The molecule has 132 valence electrons. The predicted octanol–water partition coefficient (Wildman–Crippen LogP) is 2.61. The second-order valence-electron chi connectivity index (χ2n) is 6.01. The first-order chi connectivity index (χ1) is 13.4. The molecular formula is C24H20As2O. The molecule has 0 saturated heterocycles. The first-order valence-corrected chi connectivity index (χ1v) is 14.2. The van der Waals surface area contributed by atoms with Crippen LogP contribution in [-0.2, 0) is 2.72 Å². The minimum absolute atomic E-state index is 1.34. The summed E-state index contributed by atoms with van der Waals surface area (Å²) in [5.74, 6) is 0. The van der Waals surface area contributed by atoms with Crippen molar-refractivity contribution in [3.8, 4) is 0 Å². The molecule has 0 aliphatic heterocycles. The Morgan fingerprint density at radius 1 is 0.333 bits per heavy atom. The van der Waals surface area contributed by atoms with Crippen molar-refractivity contribution >= 4 is 47.4 Å². The van der Waals surface area contributed by atoms with Crippen molar-refractivity contribution in [3.63, 3.8) is 0 Å². The molecule has 4 rings (SSSR count). The van der Waals surface area contributed by atoms with E-state index in [-0.39, 0.29) is 0 Å². The minimum atomic E-state index is -1.87. The molecule has 0 spiro atoms. The first kappa shape index (κ1) is 18.3. The van der Waals surface area contributed by atoms with Crippen molar-refractivity contribution in [1.82, 2.24) is 0 Å². The topological polar surface area (TPSA) is 9.23 Å². The Hall–Kier alpha value is -2.04. The van der Waals surface area contributed by atoms with E-state index in [0.717, 1.165) is 0 Å². The Labute approximate surface area is 170 Å². The Kier molecular flexibility index (Phi) is 6.27. The maximum atomic E-state index is 7.09. The van der Waals surface area contributed by atoms with Gasteiger partial charge in [-0.15, -0.1) is 0 Å². The molecule has 1 nitrogen and oxygen atoms in total. The third-order valence-electron chi connectivity index (χ3n) is 4.13. The summed E-state index contributed by atoms with van der Waals surface area (Å²) in [4.78, 5) is 0. The van der Waals surface area contributed by atoms with Gasteiger partial charge in [-0.05, 0) is 0 Å². The van der Waals surface area contributed by atoms with Gasteiger partial charge in [0.25, 0.3) is 0 Å². The van der Waals surface area contributed by atoms with E-state index in [2.05, 4.69) is 121 Å². The summed E-state index contributed by atoms with van der Waals surface area (Å²) in [6.07, 6.45) is 0. The van der Waals surface area contributed by atoms with Gasteiger partial charge in [-0.3, -0.25) is 0 Å². The quantitative estimate of drug-likeness (QED) is 0.391. The maximum absolute atomic E-state index is 7.09. The molecule has 3 heteroatoms. The van der Waals surface area contributed by atoms with Crippen molar-refractivity contribution in [3.05, 3.63) is 121 Å². The molecule has 27 heavy (non-hydrogen) atoms. The monoisotopic (exact) mass is 474 g/mol. The third kappa shape index (κ3) is 4.63. The van der Waals surface area contributed by atoms with E-state index in [1.807, 2.05) is 0 Å². The van der Waals surface area contributed by atoms with Crippen LogP contribution in [0.3, 0.4) is 0 Å². The zero-order valence-electron chi connectivity index (χ0n) is 14.8. The molecule has 0 atom stereocenters. The van der Waals surface area contributed by atoms with Gasteiger partial charge in [-0.25, -0.2) is 0 Å². The zero-order chi connectivity index (χ0) is 18.3. The third-order valence-corrected chi connectivity index (χ3v) is 14.8. The van der Waals surface area contributed by atoms with Crippen LogP contribution in [0.2, 0.25) is 0 Å². The van der Waals surface area contributed by atoms with Gasteiger partial charge in [-0.1, -0.05) is 0 Å². The van der Waals surface area contributed by atoms with Gasteiger partial charge in [0.2, 0.25) is 0 Å². The van der Waals surface area contributed by atoms with Crippen LogP contribution in [0.1, 0.15) is 0 Å². The second kappa shape index (κ2) is 9.24. The van der Waals surface area contributed by atoms with Crippen LogP contribution in [0.5, 0.6) is 0 Å². The Bertz CT molecular complexity index is 785. The molecule has 0 unspecified atom stereocenters. The fourth-order valence-electron chi connectivity index (χ4n) is 2.82. The van der Waals surface area contributed by atoms with Crippen molar-refractivity contribution < 1.29 is 2.72 Å². The van der Waals surface area contributed by atoms with E-state index in [1.54, 1.807) is 0 Å². The van der Waals surface area contributed by atoms with Crippen molar-refractivity contribution in [2.75, 3.05) is 0 Å². The Balaban J connectivity index is 1.77. The normalized spacial score (nSPS) is 11.0. The van der Waals surface area contributed by atoms with E-state index in [9.17, 15) is 0 Å². The first-order valence-electron chi connectivity index (χ1n) is 8.90. The molecule has 0 saturated carbocycles. The summed E-state index contributed by atoms with van der Waals surface area (Å²) < 4.78 is 12.4. The van der Waals surface area contributed by atoms with Gasteiger partial charge in [-0.2, -0.15) is 0 Å². The van der Waals surface area contributed by atoms with Crippen molar-refractivity contribution in [2.45, 2.75) is 0 Å². The van der Waals surface area contributed by atoms with Crippen LogP contribution in [-0.4, -0.2) is 30.0 Å². The number of rotatable bonds is 6. The molecule has 0 amide bonds. The van der Waals surface area contributed by atoms with E-state index in [0.29, 0.717) is 0 Å². The summed E-state index contributed by atoms with van der Waals surface area (Å²) >= 11 is -3.74. The van der Waals surface area contributed by atoms with Crippen LogP contribution >= 0.6 is 0 Å². The fourth-order valence-corrected chi connectivity index (χ4v) is 14.8. The molecule has 0 bridgehead atoms. The van der Waals surface area contributed by atoms with Gasteiger partial charge in [0.1, 0.15) is 0 Å². The molecule has 0 aliphatic carbocycles. The number of hydrogen-bond donors (Lipinski definition) is 0. The van der Waals surface area contributed by atoms with Crippen LogP contribution in [0.4, 0.5) is 0 Å². The second-order valence-corrected chi connectivity index (χ2v) is 14.9. The summed E-state index contributed by atoms with van der Waals surface area (Å²) in [6, 6.07) is 43.0. The molecule has 0 fully saturated rings. The summed E-state index contributed by atoms with van der Waals surface area (Å²) in [6.45, 7) is 0. The summed E-state index contributed by atoms with van der Waals surface area (Å²) in [5.41, 5.74) is 0. The Morgan fingerprint density at radius 3 is 0.778 bits per heavy atom. The van der Waals surface area contributed by atoms with Gasteiger partial charge in [0.15, 0.2) is 0 Å². The zero-order valence-corrected chi connectivity index (χ0v) is 18.6. The van der Waals surface area contributed by atoms with E-state index in [4.69, 9.17) is 2.72 Å². The molecule has 0 aromatic heterocycles. The molecule has 0 aliphatic rings. The van der Waals surface area contributed by atoms with E-state index < -0.39 is 30.0 Å². The number of hydrogen-bond acceptors (Lipinski definition) is 1. The average Bonchev–Trinajstić information content (AvgIpc) is 2.77. The average molecular weight is 474 g/mol. The molecule has 4 aromatic carbocycles. The Morgan fingerprint density at radius 2 is 0.556 bits per heavy atom. The van der Waals surface area contributed by atoms with Crippen LogP contribution in [0.15, 0.2) is 121 Å². The molecule has 0 N–H and O–H groups in total. The van der Waals surface area contributed by atoms with Crippen LogP contribution in [0, 0.1) is 0 Å². The van der Waals surface area contributed by atoms with E-state index >= 15 is 0 Å². The molecule has 0 radical (unpaired) electrons. The summed E-state index contributed by atoms with van der Waals surface area (Å²) in [5, 5.41) is 0. The van der Waals surface area contributed by atoms with Gasteiger partial charge in [0, 0.05) is 0 Å². The number of benzene rings is 4. The molecule has 4 aromatic rings. The standard InChI is InChI=1S/C24H20As2O/c1-5-13-21(14-6-1)25(22-15-7-2-8-16-22)27-26(23-17-9-3-10-18-23)24-19-11-4-12-20-24/h1-20H. The predicted molar refractivity (Wildman–Crippen MR) is 117 cm³/mol. The van der Waals surface area contributed by atoms with E-state index in [1.165, 1.54) is 17.4 Å². The van der Waals surface area contributed by atoms with Crippen LogP contribution < -0.4 is 17.4 Å². The molecular weight excluding hydrogens is 454 g/mol. The SMILES string of the molecule is c1ccc([As](O[As](c2ccccc2)c2ccccc2)c2ccccc2)cc1. The summed E-state index contributed by atoms with van der Waals surface area (Å²) in [7, 11) is 0. The van der Waals surface area contributed by atoms with Gasteiger partial charge >= 0.3 is 171 Å². The van der Waals surface area contributed by atoms with Crippen LogP contribution in [0.25, 0.3) is 0 Å². The van der Waals surface area contributed by atoms with Crippen molar-refractivity contribution in [2.24, 2.45) is 0 Å². The fraction of sp³-hybridized carbons (Fsp3) is 0.